The molecule has 0 N–H and O–H groups in total. The molecule has 1 rings (SSSR count). The Bertz CT molecular complexity index is 89.7. The van der Waals surface area contributed by atoms with E-state index >= 15 is 0 Å². The van der Waals surface area contributed by atoms with Gasteiger partial charge in [-0.15, -0.1) is 0 Å². The van der Waals surface area contributed by atoms with Crippen LogP contribution in [0.1, 0.15) is 6.42 Å². The van der Waals surface area contributed by atoms with Crippen LogP contribution in [0.4, 0.5) is 0 Å². The third-order valence-corrected chi connectivity index (χ3v) is 3.63. The Morgan fingerprint density at radius 1 is 1.62 bits per heavy atom. The van der Waals surface area contributed by atoms with Crippen molar-refractivity contribution >= 4 is 34.2 Å². The second-order valence-corrected chi connectivity index (χ2v) is 4.44. The van der Waals surface area contributed by atoms with Gasteiger partial charge in [-0.3, -0.25) is 0 Å². The van der Waals surface area contributed by atoms with E-state index in [1.54, 1.807) is 0 Å². The van der Waals surface area contributed by atoms with E-state index in [1.165, 1.54) is 6.42 Å². The second-order valence-electron chi connectivity index (χ2n) is 1.57. The van der Waals surface area contributed by atoms with Crippen molar-refractivity contribution in [3.63, 3.8) is 0 Å². The Balaban J connectivity index is 2.16. The zero-order chi connectivity index (χ0) is 5.82. The Kier molecular flexibility index (Phi) is 3.23. The van der Waals surface area contributed by atoms with Crippen molar-refractivity contribution in [1.82, 2.24) is 0 Å². The lowest BCUT2D eigenvalue weighted by Gasteiger charge is -1.99. The molecule has 46 valence electrons. The van der Waals surface area contributed by atoms with Crippen LogP contribution in [0.2, 0.25) is 0 Å². The van der Waals surface area contributed by atoms with Crippen LogP contribution in [0.5, 0.6) is 0 Å². The molecule has 1 heterocycles. The van der Waals surface area contributed by atoms with E-state index in [0.29, 0.717) is 0 Å². The van der Waals surface area contributed by atoms with Gasteiger partial charge < -0.3 is 0 Å². The van der Waals surface area contributed by atoms with Gasteiger partial charge in [-0.1, -0.05) is 27.7 Å². The summed E-state index contributed by atoms with van der Waals surface area (Å²) < 4.78 is 0. The molecule has 0 bridgehead atoms. The summed E-state index contributed by atoms with van der Waals surface area (Å²) in [5.74, 6) is 1.00. The molecule has 0 nitrogen and oxygen atoms in total. The lowest BCUT2D eigenvalue weighted by atomic mass is 10.3. The predicted octanol–water partition coefficient (Wildman–Crippen LogP) is 2.58. The van der Waals surface area contributed by atoms with E-state index in [1.807, 2.05) is 21.6 Å². The molecule has 0 amide bonds. The predicted molar refractivity (Wildman–Crippen MR) is 46.6 cm³/mol. The molecule has 0 aromatic carbocycles. The first-order chi connectivity index (χ1) is 3.93. The van der Waals surface area contributed by atoms with Crippen LogP contribution in [-0.2, 0) is 0 Å². The zero-order valence-electron chi connectivity index (χ0n) is 4.41. The van der Waals surface area contributed by atoms with Gasteiger partial charge >= 0.3 is 0 Å². The summed E-state index contributed by atoms with van der Waals surface area (Å²) in [6.07, 6.45) is 3.45. The molecule has 0 spiro atoms. The third-order valence-electron chi connectivity index (χ3n) is 0.942. The highest BCUT2D eigenvalue weighted by atomic mass is 33.1. The number of rotatable bonds is 2. The molecule has 0 fully saturated rings. The summed E-state index contributed by atoms with van der Waals surface area (Å²) in [6.45, 7) is 0. The molecular formula is C5H8S3. The highest BCUT2D eigenvalue weighted by Gasteiger charge is 2.07. The maximum Gasteiger partial charge on any atom is 0.0350 e. The normalized spacial score (nSPS) is 26.9. The molecule has 1 unspecified atom stereocenters. The fourth-order valence-electron chi connectivity index (χ4n) is 0.527. The first kappa shape index (κ1) is 6.90. The molecule has 0 aromatic rings. The summed E-state index contributed by atoms with van der Waals surface area (Å²) in [4.78, 5) is 0. The number of thiol groups is 1. The van der Waals surface area contributed by atoms with Crippen molar-refractivity contribution < 1.29 is 0 Å². The summed E-state index contributed by atoms with van der Waals surface area (Å²) in [7, 11) is 3.75. The van der Waals surface area contributed by atoms with E-state index in [2.05, 4.69) is 24.1 Å². The molecule has 0 radical (unpaired) electrons. The highest BCUT2D eigenvalue weighted by Crippen LogP contribution is 2.36. The molecule has 0 saturated heterocycles. The quantitative estimate of drug-likeness (QED) is 0.492. The van der Waals surface area contributed by atoms with E-state index in [-0.39, 0.29) is 0 Å². The standard InChI is InChI=1S/C5H8S3/c6-3-1-5-2-4-7-8-5/h2,4-6H,1,3H2. The Morgan fingerprint density at radius 2 is 2.50 bits per heavy atom. The minimum atomic E-state index is 0.734. The SMILES string of the molecule is SCCC1C=CSS1. The van der Waals surface area contributed by atoms with Crippen LogP contribution in [0, 0.1) is 0 Å². The van der Waals surface area contributed by atoms with E-state index in [9.17, 15) is 0 Å². The molecule has 0 saturated carbocycles. The van der Waals surface area contributed by atoms with Gasteiger partial charge in [0.15, 0.2) is 0 Å². The van der Waals surface area contributed by atoms with Crippen LogP contribution in [0.25, 0.3) is 0 Å². The van der Waals surface area contributed by atoms with Crippen LogP contribution < -0.4 is 0 Å². The Hall–Kier alpha value is 0.790. The molecule has 1 aliphatic rings. The van der Waals surface area contributed by atoms with Crippen LogP contribution in [0.3, 0.4) is 0 Å². The van der Waals surface area contributed by atoms with Gasteiger partial charge in [-0.05, 0) is 17.6 Å². The topological polar surface area (TPSA) is 0 Å². The Morgan fingerprint density at radius 3 is 3.00 bits per heavy atom. The lowest BCUT2D eigenvalue weighted by Crippen LogP contribution is -1.92. The number of hydrogen-bond donors (Lipinski definition) is 1. The van der Waals surface area contributed by atoms with Crippen LogP contribution in [-0.4, -0.2) is 11.0 Å². The van der Waals surface area contributed by atoms with E-state index in [4.69, 9.17) is 0 Å². The van der Waals surface area contributed by atoms with Crippen molar-refractivity contribution in [3.8, 4) is 0 Å². The van der Waals surface area contributed by atoms with Gasteiger partial charge in [0.1, 0.15) is 0 Å². The van der Waals surface area contributed by atoms with Crippen molar-refractivity contribution in [2.75, 3.05) is 5.75 Å². The first-order valence-electron chi connectivity index (χ1n) is 2.53. The fourth-order valence-corrected chi connectivity index (χ4v) is 3.19. The molecule has 1 aliphatic heterocycles. The maximum absolute atomic E-state index is 4.14. The van der Waals surface area contributed by atoms with Gasteiger partial charge in [-0.2, -0.15) is 12.6 Å². The largest absolute Gasteiger partial charge is 0.179 e. The second kappa shape index (κ2) is 3.75. The van der Waals surface area contributed by atoms with Gasteiger partial charge in [0.25, 0.3) is 0 Å². The average molecular weight is 164 g/mol. The van der Waals surface area contributed by atoms with Gasteiger partial charge in [0, 0.05) is 5.25 Å². The van der Waals surface area contributed by atoms with Crippen molar-refractivity contribution in [1.29, 1.82) is 0 Å². The summed E-state index contributed by atoms with van der Waals surface area (Å²) in [5, 5.41) is 2.89. The van der Waals surface area contributed by atoms with Gasteiger partial charge in [0.2, 0.25) is 0 Å². The smallest absolute Gasteiger partial charge is 0.0350 e. The maximum atomic E-state index is 4.14. The molecule has 8 heavy (non-hydrogen) atoms. The molecule has 1 atom stereocenters. The van der Waals surface area contributed by atoms with E-state index in [0.717, 1.165) is 11.0 Å². The summed E-state index contributed by atoms with van der Waals surface area (Å²) >= 11 is 4.14. The Labute approximate surface area is 63.3 Å². The van der Waals surface area contributed by atoms with Crippen molar-refractivity contribution in [2.45, 2.75) is 11.7 Å². The monoisotopic (exact) mass is 164 g/mol. The summed E-state index contributed by atoms with van der Waals surface area (Å²) in [5.41, 5.74) is 0. The van der Waals surface area contributed by atoms with Crippen LogP contribution >= 0.6 is 34.2 Å². The lowest BCUT2D eigenvalue weighted by molar-refractivity contribution is 1.00. The first-order valence-corrected chi connectivity index (χ1v) is 5.44. The highest BCUT2D eigenvalue weighted by molar-refractivity contribution is 8.78. The van der Waals surface area contributed by atoms with Gasteiger partial charge in [0.05, 0.1) is 0 Å². The van der Waals surface area contributed by atoms with Crippen molar-refractivity contribution in [3.05, 3.63) is 11.5 Å². The third kappa shape index (κ3) is 1.96. The zero-order valence-corrected chi connectivity index (χ0v) is 6.94. The average Bonchev–Trinajstić information content (AvgIpc) is 2.19. The molecule has 0 aliphatic carbocycles. The molecule has 3 heteroatoms. The van der Waals surface area contributed by atoms with E-state index < -0.39 is 0 Å². The molecule has 0 aromatic heterocycles. The molecular weight excluding hydrogens is 156 g/mol. The van der Waals surface area contributed by atoms with Gasteiger partial charge in [-0.25, -0.2) is 0 Å². The van der Waals surface area contributed by atoms with Crippen molar-refractivity contribution in [2.24, 2.45) is 0 Å². The minimum Gasteiger partial charge on any atom is -0.179 e. The fraction of sp³-hybridized carbons (Fsp3) is 0.600. The minimum absolute atomic E-state index is 0.734. The number of hydrogen-bond acceptors (Lipinski definition) is 3. The summed E-state index contributed by atoms with van der Waals surface area (Å²) in [6, 6.07) is 0. The van der Waals surface area contributed by atoms with Crippen LogP contribution in [0.15, 0.2) is 11.5 Å².